The van der Waals surface area contributed by atoms with Gasteiger partial charge in [-0.15, -0.1) is 0 Å². The maximum atomic E-state index is 6.17. The van der Waals surface area contributed by atoms with Crippen LogP contribution in [0.4, 0.5) is 5.69 Å². The molecule has 94 valence electrons. The lowest BCUT2D eigenvalue weighted by atomic mass is 10.1. The minimum atomic E-state index is 0.502. The molecule has 18 heavy (non-hydrogen) atoms. The first-order valence-electron chi connectivity index (χ1n) is 6.54. The summed E-state index contributed by atoms with van der Waals surface area (Å²) in [5.41, 5.74) is 2.01. The van der Waals surface area contributed by atoms with Crippen LogP contribution < -0.4 is 5.32 Å². The lowest BCUT2D eigenvalue weighted by molar-refractivity contribution is 0.643. The molecule has 0 bridgehead atoms. The molecular weight excluding hydrogens is 244 g/mol. The van der Waals surface area contributed by atoms with Crippen LogP contribution in [0.25, 0.3) is 10.9 Å². The van der Waals surface area contributed by atoms with E-state index in [9.17, 15) is 0 Å². The summed E-state index contributed by atoms with van der Waals surface area (Å²) in [4.78, 5) is 4.35. The smallest absolute Gasteiger partial charge is 0.0908 e. The minimum absolute atomic E-state index is 0.502. The van der Waals surface area contributed by atoms with Gasteiger partial charge >= 0.3 is 0 Å². The highest BCUT2D eigenvalue weighted by molar-refractivity contribution is 6.35. The molecule has 1 aliphatic carbocycles. The molecule has 0 aliphatic heterocycles. The summed E-state index contributed by atoms with van der Waals surface area (Å²) < 4.78 is 0. The number of halogens is 1. The number of rotatable bonds is 4. The number of anilines is 1. The minimum Gasteiger partial charge on any atom is -0.382 e. The number of pyridine rings is 1. The molecule has 1 unspecified atom stereocenters. The van der Waals surface area contributed by atoms with Gasteiger partial charge in [0.2, 0.25) is 0 Å². The number of hydrogen-bond donors (Lipinski definition) is 1. The van der Waals surface area contributed by atoms with Crippen molar-refractivity contribution in [2.24, 2.45) is 5.92 Å². The molecule has 1 saturated carbocycles. The van der Waals surface area contributed by atoms with Crippen molar-refractivity contribution in [2.45, 2.75) is 32.2 Å². The van der Waals surface area contributed by atoms with Crippen LogP contribution in [0.3, 0.4) is 0 Å². The summed E-state index contributed by atoms with van der Waals surface area (Å²) in [6, 6.07) is 8.50. The van der Waals surface area contributed by atoms with Crippen LogP contribution in [0.15, 0.2) is 30.5 Å². The van der Waals surface area contributed by atoms with Gasteiger partial charge in [0.05, 0.1) is 10.5 Å². The standard InChI is InChI=1S/C15H17ClN2/c1-10(9-11-4-5-11)18-14-7-6-13(16)15-12(14)3-2-8-17-15/h2-3,6-8,10-11,18H,4-5,9H2,1H3. The van der Waals surface area contributed by atoms with Gasteiger partial charge in [0.1, 0.15) is 0 Å². The average Bonchev–Trinajstić information content (AvgIpc) is 3.17. The number of nitrogens with zero attached hydrogens (tertiary/aromatic N) is 1. The van der Waals surface area contributed by atoms with Gasteiger partial charge in [0.15, 0.2) is 0 Å². The summed E-state index contributed by atoms with van der Waals surface area (Å²) >= 11 is 6.17. The molecule has 1 heterocycles. The molecule has 1 fully saturated rings. The Balaban J connectivity index is 1.88. The van der Waals surface area contributed by atoms with Gasteiger partial charge in [-0.25, -0.2) is 0 Å². The number of aromatic nitrogens is 1. The quantitative estimate of drug-likeness (QED) is 0.876. The zero-order chi connectivity index (χ0) is 12.5. The molecule has 3 rings (SSSR count). The van der Waals surface area contributed by atoms with Crippen LogP contribution in [0, 0.1) is 5.92 Å². The molecule has 2 nitrogen and oxygen atoms in total. The average molecular weight is 261 g/mol. The van der Waals surface area contributed by atoms with Crippen molar-refractivity contribution in [3.8, 4) is 0 Å². The van der Waals surface area contributed by atoms with E-state index in [0.717, 1.165) is 22.5 Å². The van der Waals surface area contributed by atoms with E-state index in [4.69, 9.17) is 11.6 Å². The zero-order valence-electron chi connectivity index (χ0n) is 10.5. The Morgan fingerprint density at radius 3 is 3.00 bits per heavy atom. The van der Waals surface area contributed by atoms with E-state index in [1.54, 1.807) is 6.20 Å². The van der Waals surface area contributed by atoms with E-state index in [-0.39, 0.29) is 0 Å². The van der Waals surface area contributed by atoms with Crippen LogP contribution in [0.2, 0.25) is 5.02 Å². The highest BCUT2D eigenvalue weighted by Gasteiger charge is 2.23. The Morgan fingerprint density at radius 2 is 2.22 bits per heavy atom. The van der Waals surface area contributed by atoms with Crippen molar-refractivity contribution in [1.82, 2.24) is 4.98 Å². The topological polar surface area (TPSA) is 24.9 Å². The summed E-state index contributed by atoms with van der Waals surface area (Å²) in [6.07, 6.45) is 5.83. The third kappa shape index (κ3) is 2.44. The van der Waals surface area contributed by atoms with Gasteiger partial charge < -0.3 is 5.32 Å². The third-order valence-electron chi connectivity index (χ3n) is 3.51. The highest BCUT2D eigenvalue weighted by Crippen LogP contribution is 2.35. The van der Waals surface area contributed by atoms with Crippen LogP contribution in [-0.2, 0) is 0 Å². The first-order chi connectivity index (χ1) is 8.74. The molecule has 2 aromatic rings. The molecule has 1 aliphatic rings. The summed E-state index contributed by atoms with van der Waals surface area (Å²) in [6.45, 7) is 2.25. The first kappa shape index (κ1) is 11.8. The van der Waals surface area contributed by atoms with E-state index in [2.05, 4.69) is 29.4 Å². The van der Waals surface area contributed by atoms with Crippen LogP contribution >= 0.6 is 11.6 Å². The van der Waals surface area contributed by atoms with Crippen LogP contribution in [0.5, 0.6) is 0 Å². The first-order valence-corrected chi connectivity index (χ1v) is 6.91. The van der Waals surface area contributed by atoms with Crippen molar-refractivity contribution in [3.05, 3.63) is 35.5 Å². The summed E-state index contributed by atoms with van der Waals surface area (Å²) in [5.74, 6) is 0.934. The number of fused-ring (bicyclic) bond motifs is 1. The van der Waals surface area contributed by atoms with Crippen molar-refractivity contribution in [1.29, 1.82) is 0 Å². The van der Waals surface area contributed by atoms with Crippen molar-refractivity contribution < 1.29 is 0 Å². The zero-order valence-corrected chi connectivity index (χ0v) is 11.2. The largest absolute Gasteiger partial charge is 0.382 e. The Morgan fingerprint density at radius 1 is 1.39 bits per heavy atom. The van der Waals surface area contributed by atoms with E-state index in [0.29, 0.717) is 11.1 Å². The van der Waals surface area contributed by atoms with Gasteiger partial charge in [-0.05, 0) is 43.5 Å². The van der Waals surface area contributed by atoms with Gasteiger partial charge in [0.25, 0.3) is 0 Å². The second-order valence-electron chi connectivity index (χ2n) is 5.22. The molecule has 1 N–H and O–H groups in total. The number of hydrogen-bond acceptors (Lipinski definition) is 2. The highest BCUT2D eigenvalue weighted by atomic mass is 35.5. The Bertz CT molecular complexity index is 563. The normalized spacial score (nSPS) is 16.8. The van der Waals surface area contributed by atoms with Crippen molar-refractivity contribution >= 4 is 28.2 Å². The summed E-state index contributed by atoms with van der Waals surface area (Å²) in [7, 11) is 0. The van der Waals surface area contributed by atoms with E-state index in [1.807, 2.05) is 12.1 Å². The molecular formula is C15H17ClN2. The summed E-state index contributed by atoms with van der Waals surface area (Å²) in [5, 5.41) is 5.40. The Hall–Kier alpha value is -1.28. The van der Waals surface area contributed by atoms with Crippen LogP contribution in [-0.4, -0.2) is 11.0 Å². The predicted octanol–water partition coefficient (Wildman–Crippen LogP) is 4.49. The lowest BCUT2D eigenvalue weighted by Gasteiger charge is -2.16. The molecule has 1 atom stereocenters. The monoisotopic (exact) mass is 260 g/mol. The Kier molecular flexibility index (Phi) is 3.13. The Labute approximate surface area is 112 Å². The molecule has 0 radical (unpaired) electrons. The predicted molar refractivity (Wildman–Crippen MR) is 77.2 cm³/mol. The van der Waals surface area contributed by atoms with E-state index in [1.165, 1.54) is 19.3 Å². The molecule has 0 amide bonds. The fourth-order valence-electron chi connectivity index (χ4n) is 2.44. The lowest BCUT2D eigenvalue weighted by Crippen LogP contribution is -2.15. The molecule has 0 spiro atoms. The molecule has 0 saturated heterocycles. The maximum Gasteiger partial charge on any atom is 0.0908 e. The maximum absolute atomic E-state index is 6.17. The number of benzene rings is 1. The van der Waals surface area contributed by atoms with E-state index < -0.39 is 0 Å². The molecule has 1 aromatic heterocycles. The van der Waals surface area contributed by atoms with Crippen molar-refractivity contribution in [3.63, 3.8) is 0 Å². The fourth-order valence-corrected chi connectivity index (χ4v) is 2.66. The van der Waals surface area contributed by atoms with E-state index >= 15 is 0 Å². The second-order valence-corrected chi connectivity index (χ2v) is 5.63. The van der Waals surface area contributed by atoms with Crippen molar-refractivity contribution in [2.75, 3.05) is 5.32 Å². The van der Waals surface area contributed by atoms with Gasteiger partial charge in [-0.1, -0.05) is 24.4 Å². The fraction of sp³-hybridized carbons (Fsp3) is 0.400. The SMILES string of the molecule is CC(CC1CC1)Nc1ccc(Cl)c2ncccc12. The molecule has 3 heteroatoms. The van der Waals surface area contributed by atoms with Gasteiger partial charge in [-0.3, -0.25) is 4.98 Å². The third-order valence-corrected chi connectivity index (χ3v) is 3.81. The second kappa shape index (κ2) is 4.77. The van der Waals surface area contributed by atoms with Gasteiger partial charge in [0, 0.05) is 23.3 Å². The number of nitrogens with one attached hydrogen (secondary N) is 1. The van der Waals surface area contributed by atoms with Crippen LogP contribution in [0.1, 0.15) is 26.2 Å². The molecule has 1 aromatic carbocycles. The van der Waals surface area contributed by atoms with Gasteiger partial charge in [-0.2, -0.15) is 0 Å².